The molecule has 88 valence electrons. The van der Waals surface area contributed by atoms with Crippen molar-refractivity contribution in [3.8, 4) is 0 Å². The van der Waals surface area contributed by atoms with E-state index in [0.717, 1.165) is 0 Å². The van der Waals surface area contributed by atoms with Crippen molar-refractivity contribution >= 4 is 23.1 Å². The van der Waals surface area contributed by atoms with Crippen LogP contribution < -0.4 is 17.2 Å². The van der Waals surface area contributed by atoms with Crippen LogP contribution in [0.25, 0.3) is 0 Å². The Bertz CT molecular complexity index is 358. The van der Waals surface area contributed by atoms with Gasteiger partial charge in [0.25, 0.3) is 0 Å². The van der Waals surface area contributed by atoms with E-state index in [4.69, 9.17) is 17.2 Å². The second-order valence-electron chi connectivity index (χ2n) is 3.26. The first-order valence-electron chi connectivity index (χ1n) is 4.86. The molecule has 0 amide bonds. The first kappa shape index (κ1) is 12.6. The molecule has 1 aromatic heterocycles. The summed E-state index contributed by atoms with van der Waals surface area (Å²) in [5.74, 6) is -0.0699. The summed E-state index contributed by atoms with van der Waals surface area (Å²) >= 11 is 1.30. The number of thiazole rings is 1. The zero-order valence-corrected chi connectivity index (χ0v) is 9.61. The molecule has 0 radical (unpaired) electrons. The molecule has 0 spiro atoms. The Balaban J connectivity index is 2.33. The predicted octanol–water partition coefficient (Wildman–Crippen LogP) is -0.293. The summed E-state index contributed by atoms with van der Waals surface area (Å²) in [5, 5.41) is 2.20. The van der Waals surface area contributed by atoms with E-state index in [1.54, 1.807) is 11.6 Å². The number of nitrogens with two attached hydrogens (primary N) is 3. The molecule has 0 fully saturated rings. The molecule has 6 N–H and O–H groups in total. The van der Waals surface area contributed by atoms with Crippen molar-refractivity contribution in [3.05, 3.63) is 16.6 Å². The predicted molar refractivity (Wildman–Crippen MR) is 64.3 cm³/mol. The molecule has 0 bridgehead atoms. The summed E-state index contributed by atoms with van der Waals surface area (Å²) in [4.78, 5) is 19.4. The van der Waals surface area contributed by atoms with Crippen molar-refractivity contribution < 1.29 is 4.79 Å². The van der Waals surface area contributed by atoms with Crippen molar-refractivity contribution in [2.24, 2.45) is 22.2 Å². The van der Waals surface area contributed by atoms with Gasteiger partial charge in [-0.3, -0.25) is 9.79 Å². The SMILES string of the molecule is NC(N)=NCCCC(N)C(=O)c1nccs1. The summed E-state index contributed by atoms with van der Waals surface area (Å²) in [7, 11) is 0. The molecule has 0 saturated carbocycles. The van der Waals surface area contributed by atoms with Gasteiger partial charge in [-0.2, -0.15) is 0 Å². The number of carbonyl (C=O) groups is 1. The normalized spacial score (nSPS) is 12.1. The molecule has 1 aromatic rings. The Kier molecular flexibility index (Phi) is 4.87. The standard InChI is InChI=1S/C9H15N5OS/c10-6(2-1-3-14-9(11)12)7(15)8-13-4-5-16-8/h4-6H,1-3,10H2,(H4,11,12,14). The molecule has 0 aromatic carbocycles. The summed E-state index contributed by atoms with van der Waals surface area (Å²) in [6, 6.07) is -0.527. The molecule has 16 heavy (non-hydrogen) atoms. The van der Waals surface area contributed by atoms with Gasteiger partial charge in [-0.15, -0.1) is 11.3 Å². The van der Waals surface area contributed by atoms with Crippen molar-refractivity contribution in [2.75, 3.05) is 6.54 Å². The van der Waals surface area contributed by atoms with Gasteiger partial charge in [-0.25, -0.2) is 4.98 Å². The Hall–Kier alpha value is -1.47. The van der Waals surface area contributed by atoms with Crippen LogP contribution in [-0.2, 0) is 0 Å². The summed E-state index contributed by atoms with van der Waals surface area (Å²) < 4.78 is 0. The number of Topliss-reactive ketones (excluding diaryl/α,β-unsaturated/α-hetero) is 1. The van der Waals surface area contributed by atoms with E-state index >= 15 is 0 Å². The highest BCUT2D eigenvalue weighted by Crippen LogP contribution is 2.09. The number of hydrogen-bond donors (Lipinski definition) is 3. The van der Waals surface area contributed by atoms with E-state index in [1.165, 1.54) is 11.3 Å². The van der Waals surface area contributed by atoms with Gasteiger partial charge in [0.2, 0.25) is 5.78 Å². The molecule has 1 heterocycles. The van der Waals surface area contributed by atoms with Gasteiger partial charge >= 0.3 is 0 Å². The lowest BCUT2D eigenvalue weighted by Crippen LogP contribution is -2.30. The van der Waals surface area contributed by atoms with E-state index in [9.17, 15) is 4.79 Å². The topological polar surface area (TPSA) is 120 Å². The summed E-state index contributed by atoms with van der Waals surface area (Å²) in [5.41, 5.74) is 16.1. The average Bonchev–Trinajstić information content (AvgIpc) is 2.76. The maximum atomic E-state index is 11.7. The molecule has 1 atom stereocenters. The van der Waals surface area contributed by atoms with Crippen LogP contribution in [-0.4, -0.2) is 29.3 Å². The number of ketones is 1. The van der Waals surface area contributed by atoms with Crippen LogP contribution in [0.5, 0.6) is 0 Å². The molecular weight excluding hydrogens is 226 g/mol. The fourth-order valence-electron chi connectivity index (χ4n) is 1.15. The Labute approximate surface area is 97.6 Å². The van der Waals surface area contributed by atoms with Crippen LogP contribution in [0.2, 0.25) is 0 Å². The van der Waals surface area contributed by atoms with Crippen molar-refractivity contribution in [1.29, 1.82) is 0 Å². The van der Waals surface area contributed by atoms with Crippen LogP contribution in [0.4, 0.5) is 0 Å². The molecule has 0 aliphatic carbocycles. The molecule has 6 nitrogen and oxygen atoms in total. The van der Waals surface area contributed by atoms with Gasteiger partial charge in [0, 0.05) is 18.1 Å². The largest absolute Gasteiger partial charge is 0.370 e. The molecule has 7 heteroatoms. The molecule has 0 aliphatic rings. The van der Waals surface area contributed by atoms with E-state index in [2.05, 4.69) is 9.98 Å². The minimum atomic E-state index is -0.527. The fourth-order valence-corrected chi connectivity index (χ4v) is 1.79. The van der Waals surface area contributed by atoms with Crippen LogP contribution in [0.15, 0.2) is 16.6 Å². The first-order chi connectivity index (χ1) is 7.61. The number of guanidine groups is 1. The highest BCUT2D eigenvalue weighted by Gasteiger charge is 2.17. The number of aromatic nitrogens is 1. The Morgan fingerprint density at radius 3 is 2.88 bits per heavy atom. The molecule has 1 unspecified atom stereocenters. The number of hydrogen-bond acceptors (Lipinski definition) is 5. The quantitative estimate of drug-likeness (QED) is 0.273. The van der Waals surface area contributed by atoms with Crippen molar-refractivity contribution in [1.82, 2.24) is 4.98 Å². The highest BCUT2D eigenvalue weighted by atomic mass is 32.1. The van der Waals surface area contributed by atoms with Gasteiger partial charge in [0.05, 0.1) is 6.04 Å². The van der Waals surface area contributed by atoms with Crippen LogP contribution in [0.3, 0.4) is 0 Å². The van der Waals surface area contributed by atoms with E-state index in [1.807, 2.05) is 0 Å². The fraction of sp³-hybridized carbons (Fsp3) is 0.444. The third kappa shape index (κ3) is 3.95. The van der Waals surface area contributed by atoms with Gasteiger partial charge in [-0.1, -0.05) is 0 Å². The highest BCUT2D eigenvalue weighted by molar-refractivity contribution is 7.11. The number of nitrogens with zero attached hydrogens (tertiary/aromatic N) is 2. The van der Waals surface area contributed by atoms with Crippen LogP contribution in [0.1, 0.15) is 22.6 Å². The third-order valence-electron chi connectivity index (χ3n) is 1.95. The lowest BCUT2D eigenvalue weighted by Gasteiger charge is -2.06. The van der Waals surface area contributed by atoms with Gasteiger partial charge in [0.1, 0.15) is 0 Å². The zero-order chi connectivity index (χ0) is 12.0. The van der Waals surface area contributed by atoms with Crippen LogP contribution in [0, 0.1) is 0 Å². The van der Waals surface area contributed by atoms with Gasteiger partial charge in [-0.05, 0) is 12.8 Å². The minimum absolute atomic E-state index is 0.0554. The van der Waals surface area contributed by atoms with E-state index in [0.29, 0.717) is 24.4 Å². The second kappa shape index (κ2) is 6.19. The summed E-state index contributed by atoms with van der Waals surface area (Å²) in [6.07, 6.45) is 2.81. The maximum absolute atomic E-state index is 11.7. The lowest BCUT2D eigenvalue weighted by atomic mass is 10.1. The summed E-state index contributed by atoms with van der Waals surface area (Å²) in [6.45, 7) is 0.487. The monoisotopic (exact) mass is 241 g/mol. The number of rotatable bonds is 6. The average molecular weight is 241 g/mol. The van der Waals surface area contributed by atoms with Crippen LogP contribution >= 0.6 is 11.3 Å². The van der Waals surface area contributed by atoms with Gasteiger partial charge < -0.3 is 17.2 Å². The number of carbonyl (C=O) groups excluding carboxylic acids is 1. The molecule has 1 rings (SSSR count). The zero-order valence-electron chi connectivity index (χ0n) is 8.80. The Morgan fingerprint density at radius 2 is 2.31 bits per heavy atom. The van der Waals surface area contributed by atoms with Crippen molar-refractivity contribution in [3.63, 3.8) is 0 Å². The Morgan fingerprint density at radius 1 is 1.56 bits per heavy atom. The second-order valence-corrected chi connectivity index (χ2v) is 4.15. The van der Waals surface area contributed by atoms with E-state index < -0.39 is 6.04 Å². The third-order valence-corrected chi connectivity index (χ3v) is 2.74. The molecule has 0 saturated heterocycles. The molecule has 0 aliphatic heterocycles. The maximum Gasteiger partial charge on any atom is 0.207 e. The first-order valence-corrected chi connectivity index (χ1v) is 5.74. The van der Waals surface area contributed by atoms with Gasteiger partial charge in [0.15, 0.2) is 11.0 Å². The smallest absolute Gasteiger partial charge is 0.207 e. The minimum Gasteiger partial charge on any atom is -0.370 e. The van der Waals surface area contributed by atoms with Crippen molar-refractivity contribution in [2.45, 2.75) is 18.9 Å². The lowest BCUT2D eigenvalue weighted by molar-refractivity contribution is 0.0956. The molecular formula is C9H15N5OS. The number of aliphatic imine (C=N–C) groups is 1. The van der Waals surface area contributed by atoms with E-state index in [-0.39, 0.29) is 11.7 Å².